The van der Waals surface area contributed by atoms with E-state index in [0.29, 0.717) is 0 Å². The van der Waals surface area contributed by atoms with Gasteiger partial charge in [-0.15, -0.1) is 18.1 Å². The summed E-state index contributed by atoms with van der Waals surface area (Å²) in [6.07, 6.45) is -5.21. The monoisotopic (exact) mass is 309 g/mol. The Morgan fingerprint density at radius 2 is 1.27 bits per heavy atom. The summed E-state index contributed by atoms with van der Waals surface area (Å²) in [5, 5.41) is 0.750. The number of nitrogens with zero attached hydrogens (tertiary/aromatic N) is 3. The Labute approximate surface area is 123 Å². The number of benzene rings is 2. The summed E-state index contributed by atoms with van der Waals surface area (Å²) < 4.78 is 38.2. The third kappa shape index (κ3) is 3.22. The molecule has 0 unspecified atom stereocenters. The highest BCUT2D eigenvalue weighted by Gasteiger charge is 2.45. The Balaban J connectivity index is 2.50. The van der Waals surface area contributed by atoms with Gasteiger partial charge in [0.05, 0.1) is 16.7 Å². The van der Waals surface area contributed by atoms with Crippen molar-refractivity contribution < 1.29 is 18.0 Å². The van der Waals surface area contributed by atoms with Gasteiger partial charge in [-0.1, -0.05) is 41.4 Å². The van der Waals surface area contributed by atoms with E-state index in [-0.39, 0.29) is 11.4 Å². The molecule has 0 aromatic heterocycles. The molecule has 114 valence electrons. The predicted octanol–water partition coefficient (Wildman–Crippen LogP) is 4.45. The zero-order chi connectivity index (χ0) is 16.2. The first-order valence-electron chi connectivity index (χ1n) is 6.09. The van der Waals surface area contributed by atoms with Crippen LogP contribution < -0.4 is 4.90 Å². The van der Waals surface area contributed by atoms with Gasteiger partial charge in [0.1, 0.15) is 0 Å². The lowest BCUT2D eigenvalue weighted by Gasteiger charge is -2.26. The van der Waals surface area contributed by atoms with Crippen LogP contribution in [0.1, 0.15) is 0 Å². The van der Waals surface area contributed by atoms with E-state index < -0.39 is 17.3 Å². The van der Waals surface area contributed by atoms with Crippen molar-refractivity contribution in [3.63, 3.8) is 0 Å². The van der Waals surface area contributed by atoms with Crippen LogP contribution in [0.3, 0.4) is 0 Å². The quantitative estimate of drug-likeness (QED) is 0.478. The molecule has 0 bridgehead atoms. The van der Waals surface area contributed by atoms with Gasteiger partial charge in [-0.05, 0) is 24.3 Å². The Bertz CT molecular complexity index is 608. The summed E-state index contributed by atoms with van der Waals surface area (Å²) in [7, 11) is 0. The average Bonchev–Trinajstić information content (AvgIpc) is 2.49. The molecule has 2 aromatic rings. The lowest BCUT2D eigenvalue weighted by atomic mass is 10.2. The Morgan fingerprint density at radius 1 is 0.864 bits per heavy atom. The molecule has 0 aliphatic rings. The fourth-order valence-corrected chi connectivity index (χ4v) is 1.81. The third-order valence-electron chi connectivity index (χ3n) is 2.72. The number of urea groups is 1. The number of hydrogen-bond acceptors (Lipinski definition) is 3. The first-order valence-corrected chi connectivity index (χ1v) is 6.09. The van der Waals surface area contributed by atoms with Crippen LogP contribution in [-0.2, 0) is 0 Å². The van der Waals surface area contributed by atoms with Gasteiger partial charge in [-0.3, -0.25) is 4.90 Å². The summed E-state index contributed by atoms with van der Waals surface area (Å²) in [5.41, 5.74) is 0.355. The molecule has 2 amide bonds. The van der Waals surface area contributed by atoms with Gasteiger partial charge in [0.25, 0.3) is 0 Å². The van der Waals surface area contributed by atoms with Gasteiger partial charge in [0.2, 0.25) is 0 Å². The highest BCUT2D eigenvalue weighted by Crippen LogP contribution is 2.30. The molecular weight excluding hydrogens is 299 g/mol. The number of alkyl halides is 3. The number of rotatable bonds is 3. The second-order valence-corrected chi connectivity index (χ2v) is 4.15. The third-order valence-corrected chi connectivity index (χ3v) is 2.72. The van der Waals surface area contributed by atoms with Gasteiger partial charge >= 0.3 is 12.3 Å². The fourth-order valence-electron chi connectivity index (χ4n) is 1.81. The molecule has 0 heterocycles. The molecule has 2 rings (SSSR count). The maximum atomic E-state index is 12.7. The van der Waals surface area contributed by atoms with E-state index in [0.717, 1.165) is 4.90 Å². The van der Waals surface area contributed by atoms with E-state index in [1.165, 1.54) is 24.3 Å². The second kappa shape index (κ2) is 6.25. The van der Waals surface area contributed by atoms with Crippen molar-refractivity contribution in [3.8, 4) is 0 Å². The van der Waals surface area contributed by atoms with E-state index in [2.05, 4.69) is 0 Å². The van der Waals surface area contributed by atoms with Crippen molar-refractivity contribution in [1.82, 2.24) is 5.01 Å². The largest absolute Gasteiger partial charge is 0.511 e. The predicted molar refractivity (Wildman–Crippen MR) is 74.1 cm³/mol. The smallest absolute Gasteiger partial charge is 0.261 e. The van der Waals surface area contributed by atoms with Gasteiger partial charge in [0.15, 0.2) is 0 Å². The Hall–Kier alpha value is -2.90. The number of amides is 2. The highest BCUT2D eigenvalue weighted by atomic mass is 19.4. The summed E-state index contributed by atoms with van der Waals surface area (Å²) in [6, 6.07) is 13.7. The second-order valence-electron chi connectivity index (χ2n) is 4.15. The first-order chi connectivity index (χ1) is 10.4. The fraction of sp³-hybridized carbons (Fsp3) is 0.0714. The topological polar surface area (TPSA) is 53.0 Å². The molecule has 0 saturated heterocycles. The minimum absolute atomic E-state index is 0.177. The van der Waals surface area contributed by atoms with Gasteiger partial charge in [0, 0.05) is 0 Å². The van der Waals surface area contributed by atoms with Crippen molar-refractivity contribution >= 4 is 17.4 Å². The zero-order valence-electron chi connectivity index (χ0n) is 11.1. The van der Waals surface area contributed by atoms with Crippen molar-refractivity contribution in [1.29, 1.82) is 0 Å². The van der Waals surface area contributed by atoms with E-state index in [9.17, 15) is 22.9 Å². The molecule has 0 aliphatic heterocycles. The summed E-state index contributed by atoms with van der Waals surface area (Å²) in [5.74, 6) is 0. The van der Waals surface area contributed by atoms with E-state index in [1.54, 1.807) is 41.7 Å². The lowest BCUT2D eigenvalue weighted by Crippen LogP contribution is -2.45. The molecule has 0 radical (unpaired) electrons. The maximum absolute atomic E-state index is 12.7. The summed E-state index contributed by atoms with van der Waals surface area (Å²) in [6.45, 7) is 0. The molecule has 0 fully saturated rings. The number of halogens is 3. The molecule has 0 saturated carbocycles. The van der Waals surface area contributed by atoms with Crippen LogP contribution in [0.2, 0.25) is 0 Å². The van der Waals surface area contributed by atoms with Crippen LogP contribution in [0, 0.1) is 4.91 Å². The average molecular weight is 309 g/mol. The number of nitroso groups, excluding NO2 is 1. The Morgan fingerprint density at radius 3 is 1.59 bits per heavy atom. The van der Waals surface area contributed by atoms with Crippen molar-refractivity contribution in [2.75, 3.05) is 4.90 Å². The van der Waals surface area contributed by atoms with Crippen LogP contribution >= 0.6 is 0 Å². The molecule has 0 atom stereocenters. The van der Waals surface area contributed by atoms with Crippen molar-refractivity contribution in [3.05, 3.63) is 65.6 Å². The van der Waals surface area contributed by atoms with E-state index in [4.69, 9.17) is 0 Å². The number of para-hydroxylation sites is 2. The minimum atomic E-state index is -5.21. The van der Waals surface area contributed by atoms with Crippen LogP contribution in [0.25, 0.3) is 0 Å². The number of carbonyl (C=O) groups is 1. The number of hydrogen-bond donors (Lipinski definition) is 0. The van der Waals surface area contributed by atoms with Crippen molar-refractivity contribution in [2.45, 2.75) is 6.30 Å². The standard InChI is InChI=1S/C14H10F3N3O2/c15-14(16,17)20(18-22)13(21)19(11-7-3-1-4-8-11)12-9-5-2-6-10-12/h1-10H. The van der Waals surface area contributed by atoms with Crippen molar-refractivity contribution in [2.24, 2.45) is 5.29 Å². The molecule has 2 aromatic carbocycles. The van der Waals surface area contributed by atoms with Gasteiger partial charge in [-0.25, -0.2) is 4.79 Å². The molecule has 5 nitrogen and oxygen atoms in total. The van der Waals surface area contributed by atoms with E-state index in [1.807, 2.05) is 0 Å². The molecule has 0 N–H and O–H groups in total. The number of anilines is 2. The first kappa shape index (κ1) is 15.5. The SMILES string of the molecule is O=NN(C(=O)N(c1ccccc1)c1ccccc1)C(F)(F)F. The van der Waals surface area contributed by atoms with Crippen LogP contribution in [0.5, 0.6) is 0 Å². The normalized spacial score (nSPS) is 10.9. The lowest BCUT2D eigenvalue weighted by molar-refractivity contribution is -0.223. The minimum Gasteiger partial charge on any atom is -0.261 e. The summed E-state index contributed by atoms with van der Waals surface area (Å²) in [4.78, 5) is 23.4. The molecule has 22 heavy (non-hydrogen) atoms. The molecular formula is C14H10F3N3O2. The van der Waals surface area contributed by atoms with Crippen LogP contribution in [-0.4, -0.2) is 17.3 Å². The van der Waals surface area contributed by atoms with E-state index >= 15 is 0 Å². The number of carbonyl (C=O) groups excluding carboxylic acids is 1. The maximum Gasteiger partial charge on any atom is 0.511 e. The zero-order valence-corrected chi connectivity index (χ0v) is 11.1. The van der Waals surface area contributed by atoms with Crippen LogP contribution in [0.15, 0.2) is 65.9 Å². The van der Waals surface area contributed by atoms with Gasteiger partial charge in [-0.2, -0.15) is 0 Å². The Kier molecular flexibility index (Phi) is 4.40. The van der Waals surface area contributed by atoms with Crippen LogP contribution in [0.4, 0.5) is 29.3 Å². The molecule has 8 heteroatoms. The summed E-state index contributed by atoms with van der Waals surface area (Å²) >= 11 is 0. The highest BCUT2D eigenvalue weighted by molar-refractivity contribution is 5.99. The van der Waals surface area contributed by atoms with Gasteiger partial charge < -0.3 is 0 Å². The molecule has 0 aliphatic carbocycles. The molecule has 0 spiro atoms.